The minimum Gasteiger partial charge on any atom is -0.396 e. The normalized spacial score (nSPS) is 12.8. The summed E-state index contributed by atoms with van der Waals surface area (Å²) in [5.74, 6) is 0. The molecular weight excluding hydrogens is 248 g/mol. The summed E-state index contributed by atoms with van der Waals surface area (Å²) in [5, 5.41) is 26.6. The summed E-state index contributed by atoms with van der Waals surface area (Å²) in [5.41, 5.74) is 0. The lowest BCUT2D eigenvalue weighted by Crippen LogP contribution is -2.16. The van der Waals surface area contributed by atoms with E-state index >= 15 is 0 Å². The van der Waals surface area contributed by atoms with Gasteiger partial charge in [-0.15, -0.1) is 0 Å². The van der Waals surface area contributed by atoms with Crippen LogP contribution in [0, 0.1) is 0 Å². The summed E-state index contributed by atoms with van der Waals surface area (Å²) in [6.45, 7) is 1.40. The van der Waals surface area contributed by atoms with Gasteiger partial charge < -0.3 is 24.8 Å². The van der Waals surface area contributed by atoms with Gasteiger partial charge in [-0.3, -0.25) is 0 Å². The maximum atomic E-state index is 9.52. The Bertz CT molecular complexity index is 166. The molecule has 0 aromatic rings. The summed E-state index contributed by atoms with van der Waals surface area (Å²) in [4.78, 5) is 0. The van der Waals surface area contributed by atoms with Gasteiger partial charge in [0.15, 0.2) is 6.29 Å². The molecule has 1 unspecified atom stereocenters. The molecular formula is C14H30O5. The van der Waals surface area contributed by atoms with Crippen molar-refractivity contribution >= 4 is 0 Å². The van der Waals surface area contributed by atoms with Crippen molar-refractivity contribution in [2.75, 3.05) is 33.0 Å². The molecule has 0 heterocycles. The third-order valence-electron chi connectivity index (χ3n) is 2.88. The molecule has 0 aromatic carbocycles. The zero-order valence-corrected chi connectivity index (χ0v) is 11.9. The van der Waals surface area contributed by atoms with Gasteiger partial charge in [0.1, 0.15) is 0 Å². The first-order chi connectivity index (χ1) is 9.31. The van der Waals surface area contributed by atoms with Gasteiger partial charge in [-0.05, 0) is 19.3 Å². The van der Waals surface area contributed by atoms with E-state index in [0.29, 0.717) is 32.8 Å². The molecule has 1 atom stereocenters. The maximum Gasteiger partial charge on any atom is 0.154 e. The molecule has 3 N–H and O–H groups in total. The van der Waals surface area contributed by atoms with Crippen LogP contribution in [0.25, 0.3) is 0 Å². The van der Waals surface area contributed by atoms with Gasteiger partial charge in [0, 0.05) is 6.61 Å². The lowest BCUT2D eigenvalue weighted by atomic mass is 10.1. The molecule has 0 aromatic heterocycles. The maximum absolute atomic E-state index is 9.52. The van der Waals surface area contributed by atoms with Crippen molar-refractivity contribution in [2.45, 2.75) is 57.7 Å². The zero-order valence-electron chi connectivity index (χ0n) is 11.9. The van der Waals surface area contributed by atoms with Crippen molar-refractivity contribution < 1.29 is 24.8 Å². The monoisotopic (exact) mass is 278 g/mol. The molecule has 0 aliphatic rings. The summed E-state index contributed by atoms with van der Waals surface area (Å²) in [6.07, 6.45) is 7.62. The van der Waals surface area contributed by atoms with Crippen molar-refractivity contribution in [3.05, 3.63) is 0 Å². The topological polar surface area (TPSA) is 79.2 Å². The smallest absolute Gasteiger partial charge is 0.154 e. The van der Waals surface area contributed by atoms with E-state index in [4.69, 9.17) is 19.7 Å². The summed E-state index contributed by atoms with van der Waals surface area (Å²) < 4.78 is 10.2. The number of aliphatic hydroxyl groups is 3. The average Bonchev–Trinajstić information content (AvgIpc) is 2.41. The summed E-state index contributed by atoms with van der Waals surface area (Å²) in [6, 6.07) is 0. The van der Waals surface area contributed by atoms with Crippen LogP contribution in [0.5, 0.6) is 0 Å². The molecule has 5 nitrogen and oxygen atoms in total. The van der Waals surface area contributed by atoms with Crippen LogP contribution in [0.2, 0.25) is 0 Å². The molecule has 0 aliphatic carbocycles. The fraction of sp³-hybridized carbons (Fsp3) is 1.00. The van der Waals surface area contributed by atoms with Gasteiger partial charge in [0.05, 0.1) is 26.4 Å². The van der Waals surface area contributed by atoms with Crippen molar-refractivity contribution in [2.24, 2.45) is 0 Å². The van der Waals surface area contributed by atoms with Gasteiger partial charge in [-0.2, -0.15) is 0 Å². The van der Waals surface area contributed by atoms with E-state index in [-0.39, 0.29) is 6.61 Å². The van der Waals surface area contributed by atoms with Gasteiger partial charge in [-0.1, -0.05) is 32.1 Å². The van der Waals surface area contributed by atoms with E-state index in [1.54, 1.807) is 0 Å². The Morgan fingerprint density at radius 2 is 1.32 bits per heavy atom. The second-order valence-electron chi connectivity index (χ2n) is 4.65. The predicted molar refractivity (Wildman–Crippen MR) is 73.9 cm³/mol. The average molecular weight is 278 g/mol. The highest BCUT2D eigenvalue weighted by Gasteiger charge is 2.03. The van der Waals surface area contributed by atoms with Crippen LogP contribution in [0.3, 0.4) is 0 Å². The summed E-state index contributed by atoms with van der Waals surface area (Å²) >= 11 is 0. The van der Waals surface area contributed by atoms with Gasteiger partial charge in [0.25, 0.3) is 0 Å². The Morgan fingerprint density at radius 3 is 1.95 bits per heavy atom. The highest BCUT2D eigenvalue weighted by molar-refractivity contribution is 4.48. The lowest BCUT2D eigenvalue weighted by Gasteiger charge is -2.11. The van der Waals surface area contributed by atoms with Crippen LogP contribution >= 0.6 is 0 Å². The van der Waals surface area contributed by atoms with Gasteiger partial charge in [0.2, 0.25) is 0 Å². The Labute approximate surface area is 116 Å². The van der Waals surface area contributed by atoms with Crippen LogP contribution in [-0.2, 0) is 9.47 Å². The zero-order chi connectivity index (χ0) is 14.2. The molecule has 0 saturated carbocycles. The van der Waals surface area contributed by atoms with Crippen molar-refractivity contribution in [1.82, 2.24) is 0 Å². The van der Waals surface area contributed by atoms with Crippen molar-refractivity contribution in [3.8, 4) is 0 Å². The highest BCUT2D eigenvalue weighted by atomic mass is 16.6. The van der Waals surface area contributed by atoms with Crippen LogP contribution in [-0.4, -0.2) is 54.6 Å². The van der Waals surface area contributed by atoms with Crippen molar-refractivity contribution in [1.29, 1.82) is 0 Å². The standard InChI is InChI=1S/C14H30O5/c15-9-7-5-3-1-2-4-6-8-14(17)19-13-12-18-11-10-16/h14-17H,1-13H2. The Morgan fingerprint density at radius 1 is 0.684 bits per heavy atom. The van der Waals surface area contributed by atoms with E-state index in [2.05, 4.69) is 0 Å². The van der Waals surface area contributed by atoms with Crippen molar-refractivity contribution in [3.63, 3.8) is 0 Å². The van der Waals surface area contributed by atoms with E-state index in [1.165, 1.54) is 19.3 Å². The molecule has 0 saturated heterocycles. The molecule has 0 bridgehead atoms. The predicted octanol–water partition coefficient (Wildman–Crippen LogP) is 1.44. The number of aliphatic hydroxyl groups excluding tert-OH is 3. The van der Waals surface area contributed by atoms with E-state index in [9.17, 15) is 5.11 Å². The number of rotatable bonds is 15. The van der Waals surface area contributed by atoms with Crippen LogP contribution in [0.15, 0.2) is 0 Å². The minimum atomic E-state index is -0.702. The second kappa shape index (κ2) is 15.9. The number of hydrogen-bond acceptors (Lipinski definition) is 5. The molecule has 0 fully saturated rings. The third-order valence-corrected chi connectivity index (χ3v) is 2.88. The molecule has 0 rings (SSSR count). The molecule has 0 amide bonds. The molecule has 0 radical (unpaired) electrons. The fourth-order valence-corrected chi connectivity index (χ4v) is 1.81. The second-order valence-corrected chi connectivity index (χ2v) is 4.65. The third kappa shape index (κ3) is 15.7. The fourth-order valence-electron chi connectivity index (χ4n) is 1.81. The quantitative estimate of drug-likeness (QED) is 0.312. The molecule has 5 heteroatoms. The minimum absolute atomic E-state index is 0.0147. The Hall–Kier alpha value is -0.200. The molecule has 0 spiro atoms. The van der Waals surface area contributed by atoms with Gasteiger partial charge in [-0.25, -0.2) is 0 Å². The van der Waals surface area contributed by atoms with Crippen LogP contribution in [0.4, 0.5) is 0 Å². The van der Waals surface area contributed by atoms with Gasteiger partial charge >= 0.3 is 0 Å². The number of ether oxygens (including phenoxy) is 2. The first-order valence-electron chi connectivity index (χ1n) is 7.40. The van der Waals surface area contributed by atoms with Crippen LogP contribution < -0.4 is 0 Å². The number of unbranched alkanes of at least 4 members (excludes halogenated alkanes) is 6. The largest absolute Gasteiger partial charge is 0.396 e. The lowest BCUT2D eigenvalue weighted by molar-refractivity contribution is -0.117. The Balaban J connectivity index is 3.09. The van der Waals surface area contributed by atoms with E-state index in [0.717, 1.165) is 25.7 Å². The first kappa shape index (κ1) is 18.8. The van der Waals surface area contributed by atoms with E-state index in [1.807, 2.05) is 0 Å². The first-order valence-corrected chi connectivity index (χ1v) is 7.40. The molecule has 116 valence electrons. The molecule has 0 aliphatic heterocycles. The Kier molecular flexibility index (Phi) is 15.7. The SMILES string of the molecule is OCCCCCCCCCC(O)OCCOCCO. The van der Waals surface area contributed by atoms with E-state index < -0.39 is 6.29 Å². The van der Waals surface area contributed by atoms with Crippen LogP contribution in [0.1, 0.15) is 51.4 Å². The summed E-state index contributed by atoms with van der Waals surface area (Å²) in [7, 11) is 0. The molecule has 19 heavy (non-hydrogen) atoms. The highest BCUT2D eigenvalue weighted by Crippen LogP contribution is 2.10. The number of hydrogen-bond donors (Lipinski definition) is 3.